The van der Waals surface area contributed by atoms with Gasteiger partial charge < -0.3 is 9.84 Å². The first-order valence-corrected chi connectivity index (χ1v) is 6.45. The third-order valence-corrected chi connectivity index (χ3v) is 3.57. The number of carbonyl (C=O) groups excluding carboxylic acids is 1. The van der Waals surface area contributed by atoms with Crippen LogP contribution in [0, 0.1) is 17.3 Å². The highest BCUT2D eigenvalue weighted by atomic mass is 16.5. The Morgan fingerprint density at radius 3 is 2.68 bits per heavy atom. The van der Waals surface area contributed by atoms with Gasteiger partial charge in [-0.25, -0.2) is 0 Å². The number of ketones is 1. The fourth-order valence-corrected chi connectivity index (χ4v) is 2.28. The molecule has 0 aromatic heterocycles. The molecular formula is C16H18O3. The zero-order chi connectivity index (χ0) is 13.9. The third-order valence-electron chi connectivity index (χ3n) is 3.57. The summed E-state index contributed by atoms with van der Waals surface area (Å²) in [5.74, 6) is 6.68. The molecular weight excluding hydrogens is 240 g/mol. The lowest BCUT2D eigenvalue weighted by molar-refractivity contribution is -0.137. The van der Waals surface area contributed by atoms with Gasteiger partial charge in [0.1, 0.15) is 11.9 Å². The Labute approximate surface area is 113 Å². The van der Waals surface area contributed by atoms with E-state index in [1.165, 1.54) is 0 Å². The molecule has 0 radical (unpaired) electrons. The van der Waals surface area contributed by atoms with Gasteiger partial charge in [-0.1, -0.05) is 11.8 Å². The minimum atomic E-state index is -0.857. The quantitative estimate of drug-likeness (QED) is 0.785. The molecule has 1 aromatic rings. The van der Waals surface area contributed by atoms with Gasteiger partial charge in [0.25, 0.3) is 0 Å². The Kier molecular flexibility index (Phi) is 3.92. The summed E-state index contributed by atoms with van der Waals surface area (Å²) >= 11 is 0. The molecule has 100 valence electrons. The van der Waals surface area contributed by atoms with Crippen LogP contribution in [0.2, 0.25) is 0 Å². The van der Waals surface area contributed by atoms with Crippen molar-refractivity contribution in [3.63, 3.8) is 0 Å². The number of aliphatic hydroxyl groups excluding tert-OH is 1. The van der Waals surface area contributed by atoms with Crippen LogP contribution in [0.25, 0.3) is 0 Å². The van der Waals surface area contributed by atoms with Crippen molar-refractivity contribution in [2.24, 2.45) is 5.41 Å². The SMILES string of the molecule is COc1ccc(C#C[C@]2(C)CCC[C@@H](O)C2=O)cc1. The molecule has 3 nitrogen and oxygen atoms in total. The molecule has 1 fully saturated rings. The van der Waals surface area contributed by atoms with E-state index in [4.69, 9.17) is 4.74 Å². The van der Waals surface area contributed by atoms with E-state index in [0.29, 0.717) is 12.8 Å². The first kappa shape index (κ1) is 13.6. The molecule has 0 spiro atoms. The largest absolute Gasteiger partial charge is 0.497 e. The Morgan fingerprint density at radius 2 is 2.05 bits per heavy atom. The van der Waals surface area contributed by atoms with Crippen LogP contribution in [-0.2, 0) is 4.79 Å². The van der Waals surface area contributed by atoms with E-state index in [2.05, 4.69) is 11.8 Å². The lowest BCUT2D eigenvalue weighted by Crippen LogP contribution is -2.39. The van der Waals surface area contributed by atoms with E-state index in [-0.39, 0.29) is 5.78 Å². The first-order chi connectivity index (χ1) is 9.05. The van der Waals surface area contributed by atoms with Crippen molar-refractivity contribution >= 4 is 5.78 Å². The van der Waals surface area contributed by atoms with Crippen LogP contribution in [0.5, 0.6) is 5.75 Å². The van der Waals surface area contributed by atoms with Gasteiger partial charge in [0, 0.05) is 5.56 Å². The summed E-state index contributed by atoms with van der Waals surface area (Å²) in [6.07, 6.45) is 1.25. The zero-order valence-corrected chi connectivity index (χ0v) is 11.3. The van der Waals surface area contributed by atoms with Gasteiger partial charge in [-0.2, -0.15) is 0 Å². The van der Waals surface area contributed by atoms with Crippen molar-refractivity contribution in [1.29, 1.82) is 0 Å². The van der Waals surface area contributed by atoms with E-state index in [1.54, 1.807) is 7.11 Å². The molecule has 0 unspecified atom stereocenters. The summed E-state index contributed by atoms with van der Waals surface area (Å²) in [7, 11) is 1.61. The second-order valence-electron chi connectivity index (χ2n) is 5.08. The van der Waals surface area contributed by atoms with E-state index in [9.17, 15) is 9.90 Å². The maximum absolute atomic E-state index is 12.0. The lowest BCUT2D eigenvalue weighted by atomic mass is 9.74. The van der Waals surface area contributed by atoms with Gasteiger partial charge in [-0.15, -0.1) is 0 Å². The van der Waals surface area contributed by atoms with Crippen LogP contribution in [0.15, 0.2) is 24.3 Å². The molecule has 2 atom stereocenters. The minimum Gasteiger partial charge on any atom is -0.497 e. The summed E-state index contributed by atoms with van der Waals surface area (Å²) < 4.78 is 5.08. The Morgan fingerprint density at radius 1 is 1.37 bits per heavy atom. The molecule has 2 rings (SSSR count). The zero-order valence-electron chi connectivity index (χ0n) is 11.3. The number of Topliss-reactive ketones (excluding diaryl/α,β-unsaturated/α-hetero) is 1. The van der Waals surface area contributed by atoms with Crippen molar-refractivity contribution in [2.45, 2.75) is 32.3 Å². The number of benzene rings is 1. The number of ether oxygens (including phenoxy) is 1. The van der Waals surface area contributed by atoms with Crippen molar-refractivity contribution in [1.82, 2.24) is 0 Å². The van der Waals surface area contributed by atoms with E-state index < -0.39 is 11.5 Å². The lowest BCUT2D eigenvalue weighted by Gasteiger charge is -2.29. The van der Waals surface area contributed by atoms with Gasteiger partial charge in [0.05, 0.1) is 12.5 Å². The smallest absolute Gasteiger partial charge is 0.178 e. The summed E-state index contributed by atoms with van der Waals surface area (Å²) in [6.45, 7) is 1.81. The van der Waals surface area contributed by atoms with Crippen LogP contribution in [0.4, 0.5) is 0 Å². The van der Waals surface area contributed by atoms with Crippen LogP contribution in [0.1, 0.15) is 31.7 Å². The fourth-order valence-electron chi connectivity index (χ4n) is 2.28. The number of hydrogen-bond acceptors (Lipinski definition) is 3. The Balaban J connectivity index is 2.19. The number of aliphatic hydroxyl groups is 1. The van der Waals surface area contributed by atoms with Crippen LogP contribution >= 0.6 is 0 Å². The van der Waals surface area contributed by atoms with E-state index >= 15 is 0 Å². The van der Waals surface area contributed by atoms with E-state index in [0.717, 1.165) is 17.7 Å². The van der Waals surface area contributed by atoms with Crippen molar-refractivity contribution in [3.05, 3.63) is 29.8 Å². The molecule has 1 aliphatic carbocycles. The number of rotatable bonds is 1. The maximum Gasteiger partial charge on any atom is 0.178 e. The Hall–Kier alpha value is -1.79. The molecule has 1 aromatic carbocycles. The van der Waals surface area contributed by atoms with Crippen LogP contribution in [-0.4, -0.2) is 24.1 Å². The van der Waals surface area contributed by atoms with Crippen molar-refractivity contribution in [3.8, 4) is 17.6 Å². The molecule has 0 saturated heterocycles. The summed E-state index contributed by atoms with van der Waals surface area (Å²) in [5, 5.41) is 9.64. The average molecular weight is 258 g/mol. The normalized spacial score (nSPS) is 26.5. The number of carbonyl (C=O) groups is 1. The number of hydrogen-bond donors (Lipinski definition) is 1. The second-order valence-corrected chi connectivity index (χ2v) is 5.08. The Bertz CT molecular complexity index is 521. The number of methoxy groups -OCH3 is 1. The van der Waals surface area contributed by atoms with Crippen LogP contribution < -0.4 is 4.74 Å². The molecule has 0 aliphatic heterocycles. The molecule has 19 heavy (non-hydrogen) atoms. The highest BCUT2D eigenvalue weighted by Gasteiger charge is 2.38. The van der Waals surface area contributed by atoms with Crippen molar-refractivity contribution < 1.29 is 14.6 Å². The first-order valence-electron chi connectivity index (χ1n) is 6.45. The molecule has 1 aliphatic rings. The predicted molar refractivity (Wildman–Crippen MR) is 72.8 cm³/mol. The summed E-state index contributed by atoms with van der Waals surface area (Å²) in [6, 6.07) is 7.39. The highest BCUT2D eigenvalue weighted by Crippen LogP contribution is 2.32. The molecule has 1 saturated carbocycles. The maximum atomic E-state index is 12.0. The second kappa shape index (κ2) is 5.46. The molecule has 0 heterocycles. The van der Waals surface area contributed by atoms with Crippen molar-refractivity contribution in [2.75, 3.05) is 7.11 Å². The van der Waals surface area contributed by atoms with Gasteiger partial charge in [0.2, 0.25) is 0 Å². The van der Waals surface area contributed by atoms with Gasteiger partial charge in [-0.05, 0) is 50.5 Å². The fraction of sp³-hybridized carbons (Fsp3) is 0.438. The van der Waals surface area contributed by atoms with Gasteiger partial charge >= 0.3 is 0 Å². The molecule has 3 heteroatoms. The minimum absolute atomic E-state index is 0.153. The van der Waals surface area contributed by atoms with E-state index in [1.807, 2.05) is 31.2 Å². The average Bonchev–Trinajstić information content (AvgIpc) is 2.43. The molecule has 1 N–H and O–H groups in total. The monoisotopic (exact) mass is 258 g/mol. The van der Waals surface area contributed by atoms with Crippen LogP contribution in [0.3, 0.4) is 0 Å². The van der Waals surface area contributed by atoms with Gasteiger partial charge in [0.15, 0.2) is 5.78 Å². The molecule has 0 bridgehead atoms. The highest BCUT2D eigenvalue weighted by molar-refractivity contribution is 5.91. The summed E-state index contributed by atoms with van der Waals surface area (Å²) in [5.41, 5.74) is 0.118. The third kappa shape index (κ3) is 2.97. The van der Waals surface area contributed by atoms with Gasteiger partial charge in [-0.3, -0.25) is 4.79 Å². The predicted octanol–water partition coefficient (Wildman–Crippen LogP) is 2.17. The summed E-state index contributed by atoms with van der Waals surface area (Å²) in [4.78, 5) is 12.0. The topological polar surface area (TPSA) is 46.5 Å². The standard InChI is InChI=1S/C16H18O3/c1-16(10-3-4-14(17)15(16)18)11-9-12-5-7-13(19-2)8-6-12/h5-8,14,17H,3-4,10H2,1-2H3/t14-,16+/m1/s1. The molecule has 0 amide bonds.